The Morgan fingerprint density at radius 1 is 1.07 bits per heavy atom. The summed E-state index contributed by atoms with van der Waals surface area (Å²) >= 11 is 0. The van der Waals surface area contributed by atoms with Crippen LogP contribution in [0.2, 0.25) is 0 Å². The van der Waals surface area contributed by atoms with Crippen molar-refractivity contribution in [3.63, 3.8) is 0 Å². The SMILES string of the molecule is Cc1cc(S(=O)(=O)C2CS(=O)(=O)CC2NCc2ccccc2F)ccc1F. The van der Waals surface area contributed by atoms with Crippen molar-refractivity contribution >= 4 is 19.7 Å². The van der Waals surface area contributed by atoms with E-state index in [2.05, 4.69) is 5.32 Å². The summed E-state index contributed by atoms with van der Waals surface area (Å²) in [6.45, 7) is 1.44. The number of hydrogen-bond donors (Lipinski definition) is 1. The van der Waals surface area contributed by atoms with Gasteiger partial charge in [0, 0.05) is 18.2 Å². The predicted molar refractivity (Wildman–Crippen MR) is 97.8 cm³/mol. The molecule has 2 atom stereocenters. The number of benzene rings is 2. The van der Waals surface area contributed by atoms with Crippen LogP contribution in [-0.2, 0) is 26.2 Å². The van der Waals surface area contributed by atoms with Crippen LogP contribution in [0.25, 0.3) is 0 Å². The number of sulfone groups is 2. The summed E-state index contributed by atoms with van der Waals surface area (Å²) in [5.74, 6) is -1.88. The highest BCUT2D eigenvalue weighted by molar-refractivity contribution is 7.96. The molecule has 1 aliphatic rings. The molecule has 0 radical (unpaired) electrons. The van der Waals surface area contributed by atoms with Gasteiger partial charge in [0.15, 0.2) is 19.7 Å². The predicted octanol–water partition coefficient (Wildman–Crippen LogP) is 2.00. The van der Waals surface area contributed by atoms with Crippen LogP contribution in [0.5, 0.6) is 0 Å². The maximum absolute atomic E-state index is 13.8. The van der Waals surface area contributed by atoms with E-state index in [-0.39, 0.29) is 22.8 Å². The van der Waals surface area contributed by atoms with Crippen molar-refractivity contribution in [3.05, 3.63) is 65.2 Å². The van der Waals surface area contributed by atoms with Crippen LogP contribution in [0.15, 0.2) is 47.4 Å². The standard InChI is InChI=1S/C18H19F2NO4S2/c1-12-8-14(6-7-15(12)19)27(24,25)18-11-26(22,23)10-17(18)21-9-13-4-2-3-5-16(13)20/h2-8,17-18,21H,9-11H2,1H3. The Labute approximate surface area is 157 Å². The molecule has 0 amide bonds. The van der Waals surface area contributed by atoms with Gasteiger partial charge in [0.2, 0.25) is 0 Å². The molecule has 2 aromatic rings. The quantitative estimate of drug-likeness (QED) is 0.756. The molecule has 3 rings (SSSR count). The van der Waals surface area contributed by atoms with Gasteiger partial charge in [-0.25, -0.2) is 25.6 Å². The summed E-state index contributed by atoms with van der Waals surface area (Å²) in [5, 5.41) is 1.65. The summed E-state index contributed by atoms with van der Waals surface area (Å²) in [7, 11) is -7.59. The van der Waals surface area contributed by atoms with Gasteiger partial charge in [0.25, 0.3) is 0 Å². The highest BCUT2D eigenvalue weighted by Crippen LogP contribution is 2.27. The molecular weight excluding hydrogens is 396 g/mol. The third-order valence-corrected chi connectivity index (χ3v) is 8.82. The van der Waals surface area contributed by atoms with Crippen LogP contribution in [0, 0.1) is 18.6 Å². The van der Waals surface area contributed by atoms with Gasteiger partial charge < -0.3 is 5.32 Å². The van der Waals surface area contributed by atoms with E-state index in [4.69, 9.17) is 0 Å². The first-order valence-electron chi connectivity index (χ1n) is 8.27. The molecule has 2 aromatic carbocycles. The molecule has 0 aromatic heterocycles. The van der Waals surface area contributed by atoms with Crippen molar-refractivity contribution in [1.82, 2.24) is 5.32 Å². The number of nitrogens with one attached hydrogen (secondary N) is 1. The Balaban J connectivity index is 1.89. The smallest absolute Gasteiger partial charge is 0.183 e. The molecule has 1 aliphatic heterocycles. The Bertz CT molecular complexity index is 1070. The molecule has 0 aliphatic carbocycles. The lowest BCUT2D eigenvalue weighted by atomic mass is 10.2. The van der Waals surface area contributed by atoms with Crippen LogP contribution >= 0.6 is 0 Å². The molecule has 146 valence electrons. The third-order valence-electron chi connectivity index (χ3n) is 4.67. The molecule has 9 heteroatoms. The minimum absolute atomic E-state index is 0.00132. The molecule has 1 heterocycles. The highest BCUT2D eigenvalue weighted by atomic mass is 32.2. The second-order valence-corrected chi connectivity index (χ2v) is 11.0. The van der Waals surface area contributed by atoms with E-state index in [1.54, 1.807) is 12.1 Å². The number of hydrogen-bond acceptors (Lipinski definition) is 5. The van der Waals surface area contributed by atoms with Gasteiger partial charge in [-0.05, 0) is 36.8 Å². The van der Waals surface area contributed by atoms with Crippen LogP contribution in [0.4, 0.5) is 8.78 Å². The van der Waals surface area contributed by atoms with E-state index < -0.39 is 48.4 Å². The second kappa shape index (κ2) is 7.29. The van der Waals surface area contributed by atoms with Crippen LogP contribution in [0.1, 0.15) is 11.1 Å². The first-order valence-corrected chi connectivity index (χ1v) is 11.6. The fraction of sp³-hybridized carbons (Fsp3) is 0.333. The maximum atomic E-state index is 13.8. The van der Waals surface area contributed by atoms with Gasteiger partial charge in [-0.2, -0.15) is 0 Å². The van der Waals surface area contributed by atoms with Crippen LogP contribution in [-0.4, -0.2) is 39.6 Å². The minimum Gasteiger partial charge on any atom is -0.307 e. The van der Waals surface area contributed by atoms with Crippen molar-refractivity contribution in [2.75, 3.05) is 11.5 Å². The summed E-state index contributed by atoms with van der Waals surface area (Å²) in [6.07, 6.45) is 0. The summed E-state index contributed by atoms with van der Waals surface area (Å²) in [5.41, 5.74) is 0.475. The topological polar surface area (TPSA) is 80.3 Å². The fourth-order valence-corrected chi connectivity index (χ4v) is 7.96. The summed E-state index contributed by atoms with van der Waals surface area (Å²) in [4.78, 5) is -0.124. The van der Waals surface area contributed by atoms with Gasteiger partial charge >= 0.3 is 0 Å². The number of rotatable bonds is 5. The van der Waals surface area contributed by atoms with Crippen LogP contribution < -0.4 is 5.32 Å². The van der Waals surface area contributed by atoms with Crippen molar-refractivity contribution in [3.8, 4) is 0 Å². The zero-order chi connectivity index (χ0) is 19.8. The molecule has 0 saturated carbocycles. The minimum atomic E-state index is -4.01. The monoisotopic (exact) mass is 415 g/mol. The van der Waals surface area contributed by atoms with E-state index in [1.807, 2.05) is 0 Å². The van der Waals surface area contributed by atoms with Crippen molar-refractivity contribution in [2.24, 2.45) is 0 Å². The zero-order valence-electron chi connectivity index (χ0n) is 14.5. The first kappa shape index (κ1) is 19.9. The maximum Gasteiger partial charge on any atom is 0.183 e. The molecule has 1 fully saturated rings. The molecule has 2 unspecified atom stereocenters. The van der Waals surface area contributed by atoms with Gasteiger partial charge in [-0.1, -0.05) is 18.2 Å². The Morgan fingerprint density at radius 2 is 1.78 bits per heavy atom. The molecule has 0 spiro atoms. The van der Waals surface area contributed by atoms with Gasteiger partial charge in [0.05, 0.1) is 21.7 Å². The first-order chi connectivity index (χ1) is 12.6. The van der Waals surface area contributed by atoms with Crippen molar-refractivity contribution < 1.29 is 25.6 Å². The summed E-state index contributed by atoms with van der Waals surface area (Å²) < 4.78 is 77.4. The molecule has 1 N–H and O–H groups in total. The summed E-state index contributed by atoms with van der Waals surface area (Å²) in [6, 6.07) is 8.48. The highest BCUT2D eigenvalue weighted by Gasteiger charge is 2.45. The zero-order valence-corrected chi connectivity index (χ0v) is 16.2. The Morgan fingerprint density at radius 3 is 2.44 bits per heavy atom. The van der Waals surface area contributed by atoms with Gasteiger partial charge in [-0.3, -0.25) is 0 Å². The Hall–Kier alpha value is -1.84. The van der Waals surface area contributed by atoms with E-state index in [9.17, 15) is 25.6 Å². The van der Waals surface area contributed by atoms with E-state index in [0.29, 0.717) is 5.56 Å². The van der Waals surface area contributed by atoms with E-state index in [0.717, 1.165) is 12.1 Å². The lowest BCUT2D eigenvalue weighted by molar-refractivity contribution is 0.515. The van der Waals surface area contributed by atoms with Crippen molar-refractivity contribution in [1.29, 1.82) is 0 Å². The molecular formula is C18H19F2NO4S2. The fourth-order valence-electron chi connectivity index (χ4n) is 3.16. The van der Waals surface area contributed by atoms with E-state index >= 15 is 0 Å². The Kier molecular flexibility index (Phi) is 5.38. The average molecular weight is 415 g/mol. The number of aryl methyl sites for hydroxylation is 1. The molecule has 0 bridgehead atoms. The lowest BCUT2D eigenvalue weighted by Crippen LogP contribution is -2.43. The lowest BCUT2D eigenvalue weighted by Gasteiger charge is -2.20. The van der Waals surface area contributed by atoms with Crippen LogP contribution in [0.3, 0.4) is 0 Å². The average Bonchev–Trinajstić information content (AvgIpc) is 2.92. The molecule has 1 saturated heterocycles. The number of halogens is 2. The normalized spacial score (nSPS) is 22.0. The molecule has 27 heavy (non-hydrogen) atoms. The van der Waals surface area contributed by atoms with Gasteiger partial charge in [0.1, 0.15) is 11.6 Å². The largest absolute Gasteiger partial charge is 0.307 e. The van der Waals surface area contributed by atoms with Gasteiger partial charge in [-0.15, -0.1) is 0 Å². The third kappa shape index (κ3) is 4.20. The van der Waals surface area contributed by atoms with E-state index in [1.165, 1.54) is 25.1 Å². The molecule has 5 nitrogen and oxygen atoms in total. The second-order valence-electron chi connectivity index (χ2n) is 6.65. The van der Waals surface area contributed by atoms with Crippen molar-refractivity contribution in [2.45, 2.75) is 29.7 Å².